The van der Waals surface area contributed by atoms with Crippen LogP contribution in [0.5, 0.6) is 0 Å². The summed E-state index contributed by atoms with van der Waals surface area (Å²) >= 11 is 0. The molecular formula is C32H71N5O2. The van der Waals surface area contributed by atoms with Gasteiger partial charge in [0.15, 0.2) is 0 Å². The molecule has 0 saturated carbocycles. The van der Waals surface area contributed by atoms with Crippen molar-refractivity contribution in [2.24, 2.45) is 11.5 Å². The van der Waals surface area contributed by atoms with Crippen molar-refractivity contribution in [3.8, 4) is 0 Å². The molecule has 0 aromatic heterocycles. The minimum absolute atomic E-state index is 0.345. The molecule has 0 aromatic carbocycles. The van der Waals surface area contributed by atoms with Crippen LogP contribution in [0.2, 0.25) is 0 Å². The van der Waals surface area contributed by atoms with Gasteiger partial charge in [-0.3, -0.25) is 4.79 Å². The SMILES string of the molecule is CCCCCCCCCCCCCCCCCC(=O)O.CN(C)CCCN(CCCN)CCCNCCCN. The van der Waals surface area contributed by atoms with Crippen LogP contribution in [0.3, 0.4) is 0 Å². The lowest BCUT2D eigenvalue weighted by Crippen LogP contribution is -2.32. The van der Waals surface area contributed by atoms with E-state index < -0.39 is 5.97 Å². The molecule has 0 aromatic rings. The van der Waals surface area contributed by atoms with E-state index in [1.807, 2.05) is 0 Å². The normalized spacial score (nSPS) is 11.3. The molecule has 0 bridgehead atoms. The maximum absolute atomic E-state index is 10.3. The number of carbonyl (C=O) groups is 1. The average Bonchev–Trinajstić information content (AvgIpc) is 2.91. The third-order valence-corrected chi connectivity index (χ3v) is 7.14. The summed E-state index contributed by atoms with van der Waals surface area (Å²) in [6.07, 6.45) is 24.8. The molecule has 0 spiro atoms. The molecule has 39 heavy (non-hydrogen) atoms. The van der Waals surface area contributed by atoms with E-state index in [2.05, 4.69) is 36.1 Å². The van der Waals surface area contributed by atoms with Gasteiger partial charge in [0.05, 0.1) is 0 Å². The van der Waals surface area contributed by atoms with Crippen molar-refractivity contribution in [1.82, 2.24) is 15.1 Å². The molecule has 0 atom stereocenters. The van der Waals surface area contributed by atoms with Crippen LogP contribution in [0.4, 0.5) is 0 Å². The number of nitrogens with one attached hydrogen (secondary N) is 1. The van der Waals surface area contributed by atoms with Gasteiger partial charge >= 0.3 is 5.97 Å². The summed E-state index contributed by atoms with van der Waals surface area (Å²) in [5.74, 6) is -0.653. The second-order valence-corrected chi connectivity index (χ2v) is 11.5. The van der Waals surface area contributed by atoms with Crippen LogP contribution in [-0.4, -0.2) is 87.3 Å². The number of nitrogens with zero attached hydrogens (tertiary/aromatic N) is 2. The van der Waals surface area contributed by atoms with E-state index in [9.17, 15) is 4.79 Å². The highest BCUT2D eigenvalue weighted by molar-refractivity contribution is 5.66. The number of nitrogens with two attached hydrogens (primary N) is 2. The lowest BCUT2D eigenvalue weighted by Gasteiger charge is -2.23. The Bertz CT molecular complexity index is 466. The lowest BCUT2D eigenvalue weighted by molar-refractivity contribution is -0.137. The van der Waals surface area contributed by atoms with Crippen LogP contribution in [0.1, 0.15) is 135 Å². The molecule has 0 aliphatic heterocycles. The van der Waals surface area contributed by atoms with Gasteiger partial charge in [-0.1, -0.05) is 96.8 Å². The van der Waals surface area contributed by atoms with E-state index in [0.717, 1.165) is 65.0 Å². The Balaban J connectivity index is 0. The molecular weight excluding hydrogens is 486 g/mol. The number of carboxylic acid groups (broad SMARTS) is 1. The topological polar surface area (TPSA) is 108 Å². The van der Waals surface area contributed by atoms with Gasteiger partial charge in [-0.05, 0) is 98.6 Å². The monoisotopic (exact) mass is 558 g/mol. The van der Waals surface area contributed by atoms with Crippen molar-refractivity contribution in [3.63, 3.8) is 0 Å². The van der Waals surface area contributed by atoms with E-state index in [-0.39, 0.29) is 0 Å². The first kappa shape index (κ1) is 40.4. The van der Waals surface area contributed by atoms with Crippen molar-refractivity contribution in [2.75, 3.05) is 66.5 Å². The first-order valence-corrected chi connectivity index (χ1v) is 16.7. The van der Waals surface area contributed by atoms with Gasteiger partial charge in [0.2, 0.25) is 0 Å². The molecule has 0 saturated heterocycles. The Morgan fingerprint density at radius 2 is 1.03 bits per heavy atom. The quantitative estimate of drug-likeness (QED) is 0.0773. The second-order valence-electron chi connectivity index (χ2n) is 11.5. The highest BCUT2D eigenvalue weighted by atomic mass is 16.4. The molecule has 0 aliphatic carbocycles. The van der Waals surface area contributed by atoms with Crippen molar-refractivity contribution < 1.29 is 9.90 Å². The van der Waals surface area contributed by atoms with Crippen molar-refractivity contribution in [2.45, 2.75) is 135 Å². The van der Waals surface area contributed by atoms with Crippen LogP contribution < -0.4 is 16.8 Å². The summed E-state index contributed by atoms with van der Waals surface area (Å²) in [5, 5.41) is 11.9. The van der Waals surface area contributed by atoms with Crippen LogP contribution in [-0.2, 0) is 4.79 Å². The zero-order chi connectivity index (χ0) is 29.2. The maximum atomic E-state index is 10.3. The number of aliphatic carboxylic acids is 1. The van der Waals surface area contributed by atoms with Gasteiger partial charge in [-0.2, -0.15) is 0 Å². The van der Waals surface area contributed by atoms with E-state index >= 15 is 0 Å². The zero-order valence-corrected chi connectivity index (χ0v) is 26.7. The summed E-state index contributed by atoms with van der Waals surface area (Å²) in [5.41, 5.74) is 11.1. The van der Waals surface area contributed by atoms with E-state index in [4.69, 9.17) is 16.6 Å². The Morgan fingerprint density at radius 3 is 1.49 bits per heavy atom. The van der Waals surface area contributed by atoms with Crippen molar-refractivity contribution in [1.29, 1.82) is 0 Å². The van der Waals surface area contributed by atoms with Gasteiger partial charge in [-0.15, -0.1) is 0 Å². The first-order valence-electron chi connectivity index (χ1n) is 16.7. The fraction of sp³-hybridized carbons (Fsp3) is 0.969. The summed E-state index contributed by atoms with van der Waals surface area (Å²) in [6.45, 7) is 10.6. The van der Waals surface area contributed by atoms with E-state index in [1.54, 1.807) is 0 Å². The number of rotatable bonds is 30. The molecule has 0 rings (SSSR count). The molecule has 0 unspecified atom stereocenters. The van der Waals surface area contributed by atoms with Gasteiger partial charge in [0.25, 0.3) is 0 Å². The Labute approximate surface area is 244 Å². The molecule has 236 valence electrons. The average molecular weight is 558 g/mol. The molecule has 7 heteroatoms. The number of carboxylic acids is 1. The number of hydrogen-bond acceptors (Lipinski definition) is 6. The zero-order valence-electron chi connectivity index (χ0n) is 26.7. The van der Waals surface area contributed by atoms with Crippen molar-refractivity contribution >= 4 is 5.97 Å². The highest BCUT2D eigenvalue weighted by Gasteiger charge is 2.04. The Morgan fingerprint density at radius 1 is 0.590 bits per heavy atom. The fourth-order valence-corrected chi connectivity index (χ4v) is 4.69. The number of unbranched alkanes of at least 4 members (excludes halogenated alkanes) is 14. The Kier molecular flexibility index (Phi) is 36.6. The van der Waals surface area contributed by atoms with Crippen LogP contribution in [0.15, 0.2) is 0 Å². The molecule has 0 radical (unpaired) electrons. The van der Waals surface area contributed by atoms with Crippen LogP contribution in [0, 0.1) is 0 Å². The maximum Gasteiger partial charge on any atom is 0.303 e. The molecule has 7 nitrogen and oxygen atoms in total. The van der Waals surface area contributed by atoms with Gasteiger partial charge in [-0.25, -0.2) is 0 Å². The summed E-state index contributed by atoms with van der Waals surface area (Å²) in [6, 6.07) is 0. The summed E-state index contributed by atoms with van der Waals surface area (Å²) < 4.78 is 0. The molecule has 0 aliphatic rings. The number of hydrogen-bond donors (Lipinski definition) is 4. The van der Waals surface area contributed by atoms with Gasteiger partial charge in [0, 0.05) is 6.42 Å². The smallest absolute Gasteiger partial charge is 0.303 e. The third kappa shape index (κ3) is 39.5. The van der Waals surface area contributed by atoms with Crippen molar-refractivity contribution in [3.05, 3.63) is 0 Å². The molecule has 0 fully saturated rings. The summed E-state index contributed by atoms with van der Waals surface area (Å²) in [4.78, 5) is 15.1. The predicted octanol–water partition coefficient (Wildman–Crippen LogP) is 6.25. The Hall–Kier alpha value is -0.730. The van der Waals surface area contributed by atoms with Crippen LogP contribution >= 0.6 is 0 Å². The third-order valence-electron chi connectivity index (χ3n) is 7.14. The van der Waals surface area contributed by atoms with E-state index in [0.29, 0.717) is 6.42 Å². The summed E-state index contributed by atoms with van der Waals surface area (Å²) in [7, 11) is 4.26. The minimum atomic E-state index is -0.653. The van der Waals surface area contributed by atoms with E-state index in [1.165, 1.54) is 109 Å². The standard InChI is InChI=1S/C18H36O2.C14H35N5/c1-2-3-4-5-6-7-8-9-10-11-12-13-14-15-16-17-18(19)20;1-18(2)11-6-14-19(12-4-8-16)13-5-10-17-9-3-7-15/h2-17H2,1H3,(H,19,20);17H,3-16H2,1-2H3. The molecule has 6 N–H and O–H groups in total. The predicted molar refractivity (Wildman–Crippen MR) is 172 cm³/mol. The van der Waals surface area contributed by atoms with Crippen LogP contribution in [0.25, 0.3) is 0 Å². The largest absolute Gasteiger partial charge is 0.481 e. The highest BCUT2D eigenvalue weighted by Crippen LogP contribution is 2.13. The lowest BCUT2D eigenvalue weighted by atomic mass is 10.0. The second kappa shape index (κ2) is 35.3. The first-order chi connectivity index (χ1) is 19.0. The fourth-order valence-electron chi connectivity index (χ4n) is 4.69. The molecule has 0 heterocycles. The molecule has 0 amide bonds. The van der Waals surface area contributed by atoms with Gasteiger partial charge < -0.3 is 31.7 Å². The van der Waals surface area contributed by atoms with Gasteiger partial charge in [0.1, 0.15) is 0 Å². The minimum Gasteiger partial charge on any atom is -0.481 e.